The maximum absolute atomic E-state index is 12.9. The van der Waals surface area contributed by atoms with E-state index in [0.29, 0.717) is 31.1 Å². The molecule has 0 radical (unpaired) electrons. The van der Waals surface area contributed by atoms with E-state index < -0.39 is 11.7 Å². The topological polar surface area (TPSA) is 37.1 Å². The number of piperazine rings is 1. The van der Waals surface area contributed by atoms with Crippen LogP contribution >= 0.6 is 0 Å². The summed E-state index contributed by atoms with van der Waals surface area (Å²) in [7, 11) is 0. The molecular weight excluding hydrogens is 357 g/mol. The van der Waals surface area contributed by atoms with Crippen molar-refractivity contribution in [2.24, 2.45) is 0 Å². The van der Waals surface area contributed by atoms with Crippen molar-refractivity contribution in [3.63, 3.8) is 0 Å². The first-order valence-electron chi connectivity index (χ1n) is 9.07. The van der Waals surface area contributed by atoms with Crippen LogP contribution in [0.5, 0.6) is 11.5 Å². The highest BCUT2D eigenvalue weighted by atomic mass is 19.4. The van der Waals surface area contributed by atoms with Crippen LogP contribution in [-0.2, 0) is 12.7 Å². The zero-order valence-electron chi connectivity index (χ0n) is 15.2. The number of nitrogens with zero attached hydrogens (tertiary/aromatic N) is 1. The third-order valence-corrected chi connectivity index (χ3v) is 4.79. The first kappa shape index (κ1) is 19.4. The summed E-state index contributed by atoms with van der Waals surface area (Å²) in [6.07, 6.45) is -4.32. The van der Waals surface area contributed by atoms with Crippen molar-refractivity contribution in [2.75, 3.05) is 37.7 Å². The average molecular weight is 381 g/mol. The summed E-state index contributed by atoms with van der Waals surface area (Å²) >= 11 is 0. The van der Waals surface area contributed by atoms with Crippen molar-refractivity contribution >= 4 is 5.69 Å². The maximum atomic E-state index is 12.9. The molecule has 1 aliphatic rings. The molecule has 2 aromatic carbocycles. The van der Waals surface area contributed by atoms with E-state index in [0.717, 1.165) is 31.3 Å². The van der Waals surface area contributed by atoms with Gasteiger partial charge in [0, 0.05) is 11.3 Å². The van der Waals surface area contributed by atoms with Gasteiger partial charge in [0.1, 0.15) is 6.54 Å². The first-order valence-corrected chi connectivity index (χ1v) is 9.07. The normalized spacial score (nSPS) is 15.8. The summed E-state index contributed by atoms with van der Waals surface area (Å²) in [5.41, 5.74) is 1.08. The van der Waals surface area contributed by atoms with Gasteiger partial charge in [-0.3, -0.25) is 0 Å². The number of aromatic hydroxyl groups is 1. The lowest BCUT2D eigenvalue weighted by Gasteiger charge is -2.34. The second-order valence-electron chi connectivity index (χ2n) is 6.70. The third-order valence-electron chi connectivity index (χ3n) is 4.79. The van der Waals surface area contributed by atoms with Crippen molar-refractivity contribution < 1.29 is 27.9 Å². The Morgan fingerprint density at radius 1 is 1.11 bits per heavy atom. The Morgan fingerprint density at radius 2 is 1.85 bits per heavy atom. The molecule has 0 spiro atoms. The minimum absolute atomic E-state index is 0.130. The molecule has 4 nitrogen and oxygen atoms in total. The molecule has 2 aromatic rings. The van der Waals surface area contributed by atoms with Crippen molar-refractivity contribution in [3.8, 4) is 11.5 Å². The summed E-state index contributed by atoms with van der Waals surface area (Å²) in [5.74, 6) is 0.613. The van der Waals surface area contributed by atoms with Crippen LogP contribution in [0.25, 0.3) is 0 Å². The molecule has 0 bridgehead atoms. The quantitative estimate of drug-likeness (QED) is 0.836. The number of quaternary nitrogens is 1. The number of alkyl halides is 3. The molecular formula is C20H24F3N2O2+. The van der Waals surface area contributed by atoms with Crippen molar-refractivity contribution in [1.82, 2.24) is 0 Å². The number of phenolic OH excluding ortho intramolecular Hbond substituents is 1. The van der Waals surface area contributed by atoms with Crippen LogP contribution in [-0.4, -0.2) is 37.9 Å². The number of hydrogen-bond acceptors (Lipinski definition) is 3. The lowest BCUT2D eigenvalue weighted by Crippen LogP contribution is -3.13. The van der Waals surface area contributed by atoms with Crippen LogP contribution in [0.15, 0.2) is 42.5 Å². The Labute approximate surface area is 156 Å². The van der Waals surface area contributed by atoms with E-state index in [-0.39, 0.29) is 5.75 Å². The van der Waals surface area contributed by atoms with E-state index in [4.69, 9.17) is 4.74 Å². The van der Waals surface area contributed by atoms with E-state index in [9.17, 15) is 18.3 Å². The van der Waals surface area contributed by atoms with Crippen LogP contribution < -0.4 is 14.5 Å². The Bertz CT molecular complexity index is 772. The molecule has 2 N–H and O–H groups in total. The number of rotatable bonds is 5. The third kappa shape index (κ3) is 4.86. The fourth-order valence-corrected chi connectivity index (χ4v) is 3.37. The zero-order chi connectivity index (χ0) is 19.4. The zero-order valence-corrected chi connectivity index (χ0v) is 15.2. The van der Waals surface area contributed by atoms with Gasteiger partial charge in [0.15, 0.2) is 11.5 Å². The number of phenols is 1. The molecule has 146 valence electrons. The van der Waals surface area contributed by atoms with Gasteiger partial charge in [-0.15, -0.1) is 0 Å². The van der Waals surface area contributed by atoms with Crippen LogP contribution in [0.3, 0.4) is 0 Å². The second-order valence-corrected chi connectivity index (χ2v) is 6.70. The minimum atomic E-state index is -4.32. The van der Waals surface area contributed by atoms with E-state index in [1.54, 1.807) is 12.1 Å². The molecule has 1 fully saturated rings. The molecule has 27 heavy (non-hydrogen) atoms. The average Bonchev–Trinajstić information content (AvgIpc) is 2.65. The number of benzene rings is 2. The molecule has 0 unspecified atom stereocenters. The lowest BCUT2D eigenvalue weighted by molar-refractivity contribution is -0.914. The Balaban J connectivity index is 1.60. The Morgan fingerprint density at radius 3 is 2.52 bits per heavy atom. The monoisotopic (exact) mass is 381 g/mol. The predicted molar refractivity (Wildman–Crippen MR) is 97.3 cm³/mol. The number of halogens is 3. The van der Waals surface area contributed by atoms with Gasteiger partial charge in [-0.2, -0.15) is 13.2 Å². The van der Waals surface area contributed by atoms with E-state index >= 15 is 0 Å². The number of ether oxygens (including phenoxy) is 1. The molecule has 0 atom stereocenters. The van der Waals surface area contributed by atoms with Gasteiger partial charge < -0.3 is 19.6 Å². The number of nitrogens with one attached hydrogen (secondary N) is 1. The molecule has 0 saturated carbocycles. The maximum Gasteiger partial charge on any atom is 0.416 e. The highest BCUT2D eigenvalue weighted by Gasteiger charge is 2.31. The summed E-state index contributed by atoms with van der Waals surface area (Å²) in [5, 5.41) is 9.79. The fourth-order valence-electron chi connectivity index (χ4n) is 3.37. The van der Waals surface area contributed by atoms with Gasteiger partial charge in [0.05, 0.1) is 38.3 Å². The van der Waals surface area contributed by atoms with E-state index in [1.807, 2.05) is 24.0 Å². The largest absolute Gasteiger partial charge is 0.504 e. The van der Waals surface area contributed by atoms with Crippen molar-refractivity contribution in [1.29, 1.82) is 0 Å². The molecule has 0 aliphatic carbocycles. The summed E-state index contributed by atoms with van der Waals surface area (Å²) in [4.78, 5) is 3.35. The molecule has 7 heteroatoms. The molecule has 1 saturated heterocycles. The van der Waals surface area contributed by atoms with Crippen molar-refractivity contribution in [2.45, 2.75) is 19.6 Å². The van der Waals surface area contributed by atoms with Crippen LogP contribution in [0.2, 0.25) is 0 Å². The minimum Gasteiger partial charge on any atom is -0.504 e. The molecule has 3 rings (SSSR count). The van der Waals surface area contributed by atoms with E-state index in [2.05, 4.69) is 0 Å². The van der Waals surface area contributed by atoms with Crippen molar-refractivity contribution in [3.05, 3.63) is 53.6 Å². The number of hydrogen-bond donors (Lipinski definition) is 2. The summed E-state index contributed by atoms with van der Waals surface area (Å²) < 4.78 is 44.1. The predicted octanol–water partition coefficient (Wildman–Crippen LogP) is 2.71. The second kappa shape index (κ2) is 8.08. The van der Waals surface area contributed by atoms with Gasteiger partial charge in [0.2, 0.25) is 0 Å². The molecule has 1 heterocycles. The smallest absolute Gasteiger partial charge is 0.416 e. The van der Waals surface area contributed by atoms with Gasteiger partial charge in [-0.25, -0.2) is 0 Å². The summed E-state index contributed by atoms with van der Waals surface area (Å²) in [6.45, 7) is 6.21. The lowest BCUT2D eigenvalue weighted by atomic mass is 10.1. The SMILES string of the molecule is CCOc1cc(C[NH+]2CCN(c3cccc(C(F)(F)F)c3)CC2)ccc1O. The molecule has 0 amide bonds. The highest BCUT2D eigenvalue weighted by Crippen LogP contribution is 2.31. The molecule has 1 aliphatic heterocycles. The fraction of sp³-hybridized carbons (Fsp3) is 0.400. The summed E-state index contributed by atoms with van der Waals surface area (Å²) in [6, 6.07) is 10.9. The van der Waals surface area contributed by atoms with Gasteiger partial charge in [-0.05, 0) is 43.3 Å². The Hall–Kier alpha value is -2.41. The number of anilines is 1. The van der Waals surface area contributed by atoms with Crippen LogP contribution in [0.1, 0.15) is 18.1 Å². The standard InChI is InChI=1S/C20H23F3N2O2/c1-2-27-19-12-15(6-7-18(19)26)14-24-8-10-25(11-9-24)17-5-3-4-16(13-17)20(21,22)23/h3-7,12-13,26H,2,8-11,14H2,1H3/p+1. The van der Waals surface area contributed by atoms with E-state index in [1.165, 1.54) is 17.0 Å². The van der Waals surface area contributed by atoms with Crippen LogP contribution in [0.4, 0.5) is 18.9 Å². The first-order chi connectivity index (χ1) is 12.9. The Kier molecular flexibility index (Phi) is 5.79. The molecule has 0 aromatic heterocycles. The van der Waals surface area contributed by atoms with Gasteiger partial charge >= 0.3 is 6.18 Å². The van der Waals surface area contributed by atoms with Gasteiger partial charge in [-0.1, -0.05) is 6.07 Å². The van der Waals surface area contributed by atoms with Gasteiger partial charge in [0.25, 0.3) is 0 Å². The van der Waals surface area contributed by atoms with Crippen LogP contribution in [0, 0.1) is 0 Å². The highest BCUT2D eigenvalue weighted by molar-refractivity contribution is 5.49.